The van der Waals surface area contributed by atoms with Crippen LogP contribution in [0.1, 0.15) is 0 Å². The van der Waals surface area contributed by atoms with Crippen LogP contribution in [0.15, 0.2) is 46.9 Å². The summed E-state index contributed by atoms with van der Waals surface area (Å²) >= 11 is 15.4. The summed E-state index contributed by atoms with van der Waals surface area (Å²) in [6, 6.07) is 12.6. The Balaban J connectivity index is 1.84. The van der Waals surface area contributed by atoms with E-state index >= 15 is 0 Å². The molecule has 0 aliphatic heterocycles. The van der Waals surface area contributed by atoms with Crippen molar-refractivity contribution in [1.29, 1.82) is 0 Å². The molecule has 2 rings (SSSR count). The first-order chi connectivity index (χ1) is 10.1. The van der Waals surface area contributed by atoms with Crippen molar-refractivity contribution in [1.82, 2.24) is 0 Å². The fourth-order valence-corrected chi connectivity index (χ4v) is 2.44. The molecular weight excluding hydrogens is 377 g/mol. The molecular formula is C15H14BrCl2NO2. The predicted octanol–water partition coefficient (Wildman–Crippen LogP) is 4.61. The third-order valence-corrected chi connectivity index (χ3v) is 4.46. The SMILES string of the molecule is OC(CNc1cccc(Cl)c1Br)COc1ccccc1Cl. The van der Waals surface area contributed by atoms with Crippen molar-refractivity contribution in [2.75, 3.05) is 18.5 Å². The first kappa shape index (κ1) is 16.4. The molecule has 0 aliphatic carbocycles. The van der Waals surface area contributed by atoms with Gasteiger partial charge in [-0.05, 0) is 40.2 Å². The minimum Gasteiger partial charge on any atom is -0.489 e. The number of ether oxygens (including phenoxy) is 1. The predicted molar refractivity (Wildman–Crippen MR) is 90.6 cm³/mol. The summed E-state index contributed by atoms with van der Waals surface area (Å²) in [6.45, 7) is 0.484. The normalized spacial score (nSPS) is 12.0. The highest BCUT2D eigenvalue weighted by Crippen LogP contribution is 2.30. The van der Waals surface area contributed by atoms with E-state index in [0.29, 0.717) is 22.3 Å². The van der Waals surface area contributed by atoms with E-state index in [1.54, 1.807) is 18.2 Å². The number of rotatable bonds is 6. The molecule has 112 valence electrons. The van der Waals surface area contributed by atoms with Gasteiger partial charge >= 0.3 is 0 Å². The Bertz CT molecular complexity index is 610. The van der Waals surface area contributed by atoms with E-state index in [2.05, 4.69) is 21.2 Å². The van der Waals surface area contributed by atoms with Crippen LogP contribution < -0.4 is 10.1 Å². The van der Waals surface area contributed by atoms with Crippen LogP contribution in [-0.4, -0.2) is 24.4 Å². The van der Waals surface area contributed by atoms with Gasteiger partial charge in [0.05, 0.1) is 20.2 Å². The first-order valence-corrected chi connectivity index (χ1v) is 7.86. The van der Waals surface area contributed by atoms with Crippen molar-refractivity contribution in [2.24, 2.45) is 0 Å². The molecule has 2 aromatic rings. The maximum absolute atomic E-state index is 9.94. The highest BCUT2D eigenvalue weighted by molar-refractivity contribution is 9.10. The molecule has 0 saturated carbocycles. The number of aliphatic hydroxyl groups excluding tert-OH is 1. The van der Waals surface area contributed by atoms with Gasteiger partial charge in [-0.3, -0.25) is 0 Å². The van der Waals surface area contributed by atoms with Gasteiger partial charge in [0.25, 0.3) is 0 Å². The van der Waals surface area contributed by atoms with Crippen LogP contribution in [0.4, 0.5) is 5.69 Å². The van der Waals surface area contributed by atoms with E-state index in [9.17, 15) is 5.11 Å². The van der Waals surface area contributed by atoms with Crippen molar-refractivity contribution in [3.05, 3.63) is 57.0 Å². The quantitative estimate of drug-likeness (QED) is 0.756. The van der Waals surface area contributed by atoms with Crippen molar-refractivity contribution >= 4 is 44.8 Å². The van der Waals surface area contributed by atoms with Gasteiger partial charge in [-0.2, -0.15) is 0 Å². The van der Waals surface area contributed by atoms with E-state index in [1.807, 2.05) is 24.3 Å². The molecule has 0 amide bonds. The maximum Gasteiger partial charge on any atom is 0.138 e. The zero-order valence-corrected chi connectivity index (χ0v) is 14.1. The summed E-state index contributed by atoms with van der Waals surface area (Å²) in [4.78, 5) is 0. The van der Waals surface area contributed by atoms with Gasteiger partial charge in [0.15, 0.2) is 0 Å². The van der Waals surface area contributed by atoms with Gasteiger partial charge in [0.1, 0.15) is 18.5 Å². The first-order valence-electron chi connectivity index (χ1n) is 6.31. The lowest BCUT2D eigenvalue weighted by atomic mass is 10.3. The van der Waals surface area contributed by atoms with Crippen LogP contribution in [-0.2, 0) is 0 Å². The van der Waals surface area contributed by atoms with Crippen LogP contribution in [0, 0.1) is 0 Å². The van der Waals surface area contributed by atoms with Crippen LogP contribution >= 0.6 is 39.1 Å². The molecule has 2 N–H and O–H groups in total. The largest absolute Gasteiger partial charge is 0.489 e. The molecule has 21 heavy (non-hydrogen) atoms. The average molecular weight is 391 g/mol. The number of benzene rings is 2. The van der Waals surface area contributed by atoms with Gasteiger partial charge < -0.3 is 15.2 Å². The molecule has 1 atom stereocenters. The molecule has 0 radical (unpaired) electrons. The summed E-state index contributed by atoms with van der Waals surface area (Å²) in [5, 5.41) is 14.2. The molecule has 0 spiro atoms. The Labute approximate surface area is 142 Å². The van der Waals surface area contributed by atoms with E-state index < -0.39 is 6.10 Å². The molecule has 0 saturated heterocycles. The fraction of sp³-hybridized carbons (Fsp3) is 0.200. The summed E-state index contributed by atoms with van der Waals surface area (Å²) in [5.74, 6) is 0.558. The van der Waals surface area contributed by atoms with E-state index in [-0.39, 0.29) is 6.61 Å². The number of hydrogen-bond acceptors (Lipinski definition) is 3. The minimum atomic E-state index is -0.674. The topological polar surface area (TPSA) is 41.5 Å². The number of nitrogens with one attached hydrogen (secondary N) is 1. The number of aliphatic hydroxyl groups is 1. The molecule has 0 heterocycles. The average Bonchev–Trinajstić information content (AvgIpc) is 2.48. The Morgan fingerprint density at radius 3 is 2.57 bits per heavy atom. The molecule has 0 aromatic heterocycles. The molecule has 0 aliphatic rings. The van der Waals surface area contributed by atoms with Crippen LogP contribution in [0.25, 0.3) is 0 Å². The maximum atomic E-state index is 9.94. The third-order valence-electron chi connectivity index (χ3n) is 2.75. The number of halogens is 3. The molecule has 2 aromatic carbocycles. The lowest BCUT2D eigenvalue weighted by Crippen LogP contribution is -2.26. The van der Waals surface area contributed by atoms with Crippen LogP contribution in [0.3, 0.4) is 0 Å². The Morgan fingerprint density at radius 1 is 1.10 bits per heavy atom. The van der Waals surface area contributed by atoms with Crippen LogP contribution in [0.5, 0.6) is 5.75 Å². The molecule has 0 fully saturated rings. The molecule has 0 bridgehead atoms. The molecule has 3 nitrogen and oxygen atoms in total. The smallest absolute Gasteiger partial charge is 0.138 e. The Hall–Kier alpha value is -0.940. The van der Waals surface area contributed by atoms with Crippen molar-refractivity contribution in [3.8, 4) is 5.75 Å². The van der Waals surface area contributed by atoms with Gasteiger partial charge in [0.2, 0.25) is 0 Å². The summed E-state index contributed by atoms with van der Waals surface area (Å²) in [6.07, 6.45) is -0.674. The number of anilines is 1. The van der Waals surface area contributed by atoms with Crippen molar-refractivity contribution in [3.63, 3.8) is 0 Å². The summed E-state index contributed by atoms with van der Waals surface area (Å²) in [5.41, 5.74) is 0.819. The van der Waals surface area contributed by atoms with Gasteiger partial charge in [-0.1, -0.05) is 41.4 Å². The zero-order chi connectivity index (χ0) is 15.2. The van der Waals surface area contributed by atoms with E-state index in [1.165, 1.54) is 0 Å². The fourth-order valence-electron chi connectivity index (χ4n) is 1.67. The monoisotopic (exact) mass is 389 g/mol. The van der Waals surface area contributed by atoms with Gasteiger partial charge in [0, 0.05) is 6.54 Å². The summed E-state index contributed by atoms with van der Waals surface area (Å²) < 4.78 is 6.25. The lowest BCUT2D eigenvalue weighted by molar-refractivity contribution is 0.117. The third kappa shape index (κ3) is 4.78. The molecule has 6 heteroatoms. The lowest BCUT2D eigenvalue weighted by Gasteiger charge is -2.15. The highest BCUT2D eigenvalue weighted by atomic mass is 79.9. The highest BCUT2D eigenvalue weighted by Gasteiger charge is 2.09. The van der Waals surface area contributed by atoms with Crippen molar-refractivity contribution in [2.45, 2.75) is 6.10 Å². The second-order valence-electron chi connectivity index (χ2n) is 4.38. The van der Waals surface area contributed by atoms with E-state index in [4.69, 9.17) is 27.9 Å². The Morgan fingerprint density at radius 2 is 1.81 bits per heavy atom. The number of hydrogen-bond donors (Lipinski definition) is 2. The van der Waals surface area contributed by atoms with Crippen molar-refractivity contribution < 1.29 is 9.84 Å². The van der Waals surface area contributed by atoms with Gasteiger partial charge in [-0.15, -0.1) is 0 Å². The zero-order valence-electron chi connectivity index (χ0n) is 11.0. The second kappa shape index (κ2) is 7.90. The van der Waals surface area contributed by atoms with E-state index in [0.717, 1.165) is 10.2 Å². The number of para-hydroxylation sites is 1. The second-order valence-corrected chi connectivity index (χ2v) is 5.98. The van der Waals surface area contributed by atoms with Gasteiger partial charge in [-0.25, -0.2) is 0 Å². The van der Waals surface area contributed by atoms with Crippen LogP contribution in [0.2, 0.25) is 10.0 Å². The minimum absolute atomic E-state index is 0.148. The molecule has 1 unspecified atom stereocenters. The Kier molecular flexibility index (Phi) is 6.18. The standard InChI is InChI=1S/C15H14BrCl2NO2/c16-15-12(18)5-3-6-13(15)19-8-10(20)9-21-14-7-2-1-4-11(14)17/h1-7,10,19-20H,8-9H2. The summed E-state index contributed by atoms with van der Waals surface area (Å²) in [7, 11) is 0.